The second kappa shape index (κ2) is 71.9. The first-order valence-electron chi connectivity index (χ1n) is 29.1. The molecule has 0 aliphatic carbocycles. The zero-order chi connectivity index (χ0) is 59.1. The Hall–Kier alpha value is -1.53. The van der Waals surface area contributed by atoms with E-state index in [4.69, 9.17) is 124 Å². The molecule has 27 heteroatoms. The standard InChI is InChI=1S/C55H110O27/c1-55(2,3)82-54(57)4-6-58-8-10-60-12-14-62-16-18-64-20-22-66-24-26-68-28-30-70-32-34-72-36-38-74-40-42-76-44-46-78-48-50-80-52-53-81-51-49-79-47-45-77-43-41-75-39-37-73-35-33-71-31-29-69-27-25-67-23-21-65-19-17-63-15-13-61-11-9-59-7-5-56/h56H,4-53H2,1-3H3. The van der Waals surface area contributed by atoms with Gasteiger partial charge >= 0.3 is 5.97 Å². The van der Waals surface area contributed by atoms with Crippen molar-refractivity contribution in [2.45, 2.75) is 32.8 Å². The minimum absolute atomic E-state index is 0.0170. The van der Waals surface area contributed by atoms with Gasteiger partial charge in [0.15, 0.2) is 0 Å². The summed E-state index contributed by atoms with van der Waals surface area (Å²) in [5.41, 5.74) is -0.484. The van der Waals surface area contributed by atoms with Gasteiger partial charge in [-0.15, -0.1) is 0 Å². The lowest BCUT2D eigenvalue weighted by Gasteiger charge is -2.19. The summed E-state index contributed by atoms with van der Waals surface area (Å²) in [6.07, 6.45) is 0.223. The fourth-order valence-corrected chi connectivity index (χ4v) is 5.77. The van der Waals surface area contributed by atoms with E-state index in [9.17, 15) is 4.79 Å². The summed E-state index contributed by atoms with van der Waals surface area (Å²) < 4.78 is 137. The maximum Gasteiger partial charge on any atom is 0.308 e. The first-order valence-corrected chi connectivity index (χ1v) is 29.1. The number of ether oxygens (including phenoxy) is 25. The third-order valence-electron chi connectivity index (χ3n) is 9.66. The molecule has 0 amide bonds. The molecular weight excluding hydrogens is 1090 g/mol. The number of hydrogen-bond acceptors (Lipinski definition) is 27. The molecule has 0 aromatic rings. The highest BCUT2D eigenvalue weighted by Gasteiger charge is 2.15. The summed E-state index contributed by atoms with van der Waals surface area (Å²) in [6.45, 7) is 28.2. The Morgan fingerprint density at radius 3 is 0.427 bits per heavy atom. The largest absolute Gasteiger partial charge is 0.460 e. The van der Waals surface area contributed by atoms with Crippen LogP contribution >= 0.6 is 0 Å². The minimum Gasteiger partial charge on any atom is -0.460 e. The number of aliphatic hydroxyl groups is 1. The Bertz CT molecular complexity index is 1180. The molecule has 0 aliphatic heterocycles. The average Bonchev–Trinajstić information content (AvgIpc) is 3.46. The van der Waals surface area contributed by atoms with Crippen LogP contribution in [0.15, 0.2) is 0 Å². The van der Waals surface area contributed by atoms with E-state index in [0.717, 1.165) is 0 Å². The van der Waals surface area contributed by atoms with Crippen LogP contribution in [0.25, 0.3) is 0 Å². The zero-order valence-electron chi connectivity index (χ0n) is 50.4. The molecule has 0 fully saturated rings. The molecule has 0 spiro atoms. The van der Waals surface area contributed by atoms with Crippen LogP contribution in [0, 0.1) is 0 Å². The summed E-state index contributed by atoms with van der Waals surface area (Å²) >= 11 is 0. The monoisotopic (exact) mass is 1200 g/mol. The molecule has 0 aromatic heterocycles. The number of esters is 1. The summed E-state index contributed by atoms with van der Waals surface area (Å²) in [5.74, 6) is -0.271. The SMILES string of the molecule is CC(C)(C)OC(=O)CCOCCOCCOCCOCCOCCOCCOCCOCCOCCOCCOCCOCCOCCOCCOCCOCCOCCOCCOCCOCCOCCOCCOCCOCCO. The van der Waals surface area contributed by atoms with Crippen LogP contribution in [0.5, 0.6) is 0 Å². The lowest BCUT2D eigenvalue weighted by atomic mass is 10.2. The van der Waals surface area contributed by atoms with Crippen molar-refractivity contribution in [3.63, 3.8) is 0 Å². The van der Waals surface area contributed by atoms with Crippen molar-refractivity contribution in [1.82, 2.24) is 0 Å². The van der Waals surface area contributed by atoms with Crippen molar-refractivity contribution in [3.05, 3.63) is 0 Å². The molecule has 0 atom stereocenters. The molecule has 0 saturated carbocycles. The summed E-state index contributed by atoms with van der Waals surface area (Å²) in [6, 6.07) is 0. The van der Waals surface area contributed by atoms with Crippen molar-refractivity contribution in [3.8, 4) is 0 Å². The van der Waals surface area contributed by atoms with Crippen LogP contribution in [0.4, 0.5) is 0 Å². The molecule has 0 rings (SSSR count). The quantitative estimate of drug-likeness (QED) is 0.0660. The van der Waals surface area contributed by atoms with Crippen molar-refractivity contribution < 1.29 is 128 Å². The van der Waals surface area contributed by atoms with E-state index in [-0.39, 0.29) is 19.0 Å². The van der Waals surface area contributed by atoms with Crippen LogP contribution in [0.1, 0.15) is 27.2 Å². The van der Waals surface area contributed by atoms with E-state index in [1.54, 1.807) is 0 Å². The summed E-state index contributed by atoms with van der Waals surface area (Å²) in [7, 11) is 0. The van der Waals surface area contributed by atoms with Gasteiger partial charge in [0.05, 0.1) is 330 Å². The smallest absolute Gasteiger partial charge is 0.308 e. The van der Waals surface area contributed by atoms with Gasteiger partial charge in [-0.3, -0.25) is 4.79 Å². The molecule has 0 aliphatic rings. The topological polar surface area (TPSA) is 268 Å². The molecular formula is C55H110O27. The Balaban J connectivity index is 3.10. The van der Waals surface area contributed by atoms with Crippen molar-refractivity contribution >= 4 is 5.97 Å². The van der Waals surface area contributed by atoms with E-state index in [2.05, 4.69) is 0 Å². The van der Waals surface area contributed by atoms with Crippen molar-refractivity contribution in [2.24, 2.45) is 0 Å². The summed E-state index contributed by atoms with van der Waals surface area (Å²) in [5, 5.41) is 8.61. The number of carbonyl (C=O) groups is 1. The molecule has 0 aromatic carbocycles. The molecule has 0 unspecified atom stereocenters. The second-order valence-corrected chi connectivity index (χ2v) is 17.8. The van der Waals surface area contributed by atoms with Gasteiger partial charge in [0.2, 0.25) is 0 Å². The lowest BCUT2D eigenvalue weighted by Crippen LogP contribution is -2.24. The molecule has 0 heterocycles. The van der Waals surface area contributed by atoms with E-state index >= 15 is 0 Å². The third-order valence-corrected chi connectivity index (χ3v) is 9.66. The predicted molar refractivity (Wildman–Crippen MR) is 297 cm³/mol. The molecule has 27 nitrogen and oxygen atoms in total. The van der Waals surface area contributed by atoms with Crippen LogP contribution in [0.2, 0.25) is 0 Å². The molecule has 0 radical (unpaired) electrons. The fraction of sp³-hybridized carbons (Fsp3) is 0.982. The number of rotatable bonds is 74. The highest BCUT2D eigenvalue weighted by Crippen LogP contribution is 2.08. The van der Waals surface area contributed by atoms with Gasteiger partial charge in [0.1, 0.15) is 5.60 Å². The average molecular weight is 1200 g/mol. The van der Waals surface area contributed by atoms with Gasteiger partial charge in [-0.25, -0.2) is 0 Å². The van der Waals surface area contributed by atoms with Crippen LogP contribution < -0.4 is 0 Å². The third kappa shape index (κ3) is 76.5. The number of carbonyl (C=O) groups excluding carboxylic acids is 1. The van der Waals surface area contributed by atoms with E-state index in [1.807, 2.05) is 20.8 Å². The highest BCUT2D eigenvalue weighted by atomic mass is 16.6. The van der Waals surface area contributed by atoms with E-state index in [1.165, 1.54) is 0 Å². The van der Waals surface area contributed by atoms with Gasteiger partial charge in [-0.2, -0.15) is 0 Å². The number of aliphatic hydroxyl groups excluding tert-OH is 1. The first kappa shape index (κ1) is 80.5. The zero-order valence-corrected chi connectivity index (χ0v) is 50.4. The van der Waals surface area contributed by atoms with Crippen molar-refractivity contribution in [2.75, 3.05) is 324 Å². The first-order chi connectivity index (χ1) is 40.5. The maximum atomic E-state index is 11.6. The summed E-state index contributed by atoms with van der Waals surface area (Å²) in [4.78, 5) is 11.6. The maximum absolute atomic E-state index is 11.6. The molecule has 1 N–H and O–H groups in total. The Morgan fingerprint density at radius 1 is 0.207 bits per heavy atom. The van der Waals surface area contributed by atoms with Gasteiger partial charge in [-0.1, -0.05) is 0 Å². The minimum atomic E-state index is -0.484. The van der Waals surface area contributed by atoms with Crippen LogP contribution in [0.3, 0.4) is 0 Å². The van der Waals surface area contributed by atoms with Crippen LogP contribution in [-0.2, 0) is 123 Å². The lowest BCUT2D eigenvalue weighted by molar-refractivity contribution is -0.156. The Morgan fingerprint density at radius 2 is 0.317 bits per heavy atom. The Kier molecular flexibility index (Phi) is 70.6. The predicted octanol–water partition coefficient (Wildman–Crippen LogP) is 1.11. The number of hydrogen-bond donors (Lipinski definition) is 1. The molecule has 82 heavy (non-hydrogen) atoms. The van der Waals surface area contributed by atoms with Gasteiger partial charge < -0.3 is 124 Å². The molecule has 492 valence electrons. The second-order valence-electron chi connectivity index (χ2n) is 17.8. The van der Waals surface area contributed by atoms with E-state index in [0.29, 0.717) is 317 Å². The van der Waals surface area contributed by atoms with Crippen LogP contribution in [-0.4, -0.2) is 340 Å². The van der Waals surface area contributed by atoms with Gasteiger partial charge in [0, 0.05) is 0 Å². The molecule has 0 saturated heterocycles. The fourth-order valence-electron chi connectivity index (χ4n) is 5.77. The van der Waals surface area contributed by atoms with Gasteiger partial charge in [0.25, 0.3) is 0 Å². The molecule has 0 bridgehead atoms. The van der Waals surface area contributed by atoms with Crippen molar-refractivity contribution in [1.29, 1.82) is 0 Å². The normalized spacial score (nSPS) is 11.9. The Labute approximate surface area is 489 Å². The van der Waals surface area contributed by atoms with E-state index < -0.39 is 5.60 Å². The highest BCUT2D eigenvalue weighted by molar-refractivity contribution is 5.69. The van der Waals surface area contributed by atoms with Gasteiger partial charge in [-0.05, 0) is 20.8 Å².